The minimum Gasteiger partial charge on any atom is -0.478 e. The summed E-state index contributed by atoms with van der Waals surface area (Å²) in [5.74, 6) is -0.143. The number of ether oxygens (including phenoxy) is 1. The highest BCUT2D eigenvalue weighted by Gasteiger charge is 2.35. The maximum Gasteiger partial charge on any atom is 0.434 e. The molecule has 0 saturated carbocycles. The molecule has 1 aromatic heterocycles. The third-order valence-electron chi connectivity index (χ3n) is 4.15. The third kappa shape index (κ3) is 12.3. The summed E-state index contributed by atoms with van der Waals surface area (Å²) in [5, 5.41) is 0. The Morgan fingerprint density at radius 1 is 1.15 bits per heavy atom. The van der Waals surface area contributed by atoms with Gasteiger partial charge in [-0.1, -0.05) is 46.9 Å². The van der Waals surface area contributed by atoms with E-state index in [0.29, 0.717) is 0 Å². The fourth-order valence-electron chi connectivity index (χ4n) is 2.68. The Morgan fingerprint density at radius 3 is 2.09 bits per heavy atom. The molecule has 0 spiro atoms. The second kappa shape index (κ2) is 17.9. The van der Waals surface area contributed by atoms with Gasteiger partial charge in [-0.25, -0.2) is 4.98 Å². The van der Waals surface area contributed by atoms with E-state index in [9.17, 15) is 18.0 Å². The molecule has 5 nitrogen and oxygen atoms in total. The second-order valence-corrected chi connectivity index (χ2v) is 6.49. The molecule has 1 aliphatic heterocycles. The zero-order chi connectivity index (χ0) is 26.0. The molecule has 0 aliphatic carbocycles. The van der Waals surface area contributed by atoms with Crippen LogP contribution in [0.25, 0.3) is 0 Å². The van der Waals surface area contributed by atoms with Crippen LogP contribution < -0.4 is 4.74 Å². The molecular formula is C25H40F3N3O2. The molecule has 8 heteroatoms. The monoisotopic (exact) mass is 471 g/mol. The van der Waals surface area contributed by atoms with Crippen LogP contribution in [0.5, 0.6) is 5.88 Å². The molecule has 0 radical (unpaired) electrons. The number of alkyl halides is 3. The highest BCUT2D eigenvalue weighted by atomic mass is 19.4. The lowest BCUT2D eigenvalue weighted by Gasteiger charge is -2.35. The topological polar surface area (TPSA) is 45.7 Å². The Bertz CT molecular complexity index is 739. The van der Waals surface area contributed by atoms with Crippen LogP contribution in [0.3, 0.4) is 0 Å². The molecule has 1 aromatic rings. The van der Waals surface area contributed by atoms with Crippen molar-refractivity contribution in [3.8, 4) is 5.88 Å². The number of carbonyl (C=O) groups excluding carboxylic acids is 1. The molecule has 0 atom stereocenters. The quantitative estimate of drug-likeness (QED) is 0.363. The minimum atomic E-state index is -4.65. The van der Waals surface area contributed by atoms with Gasteiger partial charge in [0, 0.05) is 43.5 Å². The van der Waals surface area contributed by atoms with Crippen molar-refractivity contribution in [1.82, 2.24) is 14.8 Å². The average molecular weight is 472 g/mol. The second-order valence-electron chi connectivity index (χ2n) is 6.49. The van der Waals surface area contributed by atoms with Gasteiger partial charge in [-0.15, -0.1) is 0 Å². The molecule has 2 heterocycles. The Labute approximate surface area is 197 Å². The van der Waals surface area contributed by atoms with Gasteiger partial charge in [-0.05, 0) is 38.6 Å². The van der Waals surface area contributed by atoms with Gasteiger partial charge in [0.05, 0.1) is 6.61 Å². The number of hydrogen-bond acceptors (Lipinski definition) is 5. The number of aromatic nitrogens is 1. The Morgan fingerprint density at radius 2 is 1.70 bits per heavy atom. The molecule has 0 N–H and O–H groups in total. The smallest absolute Gasteiger partial charge is 0.434 e. The predicted octanol–water partition coefficient (Wildman–Crippen LogP) is 6.24. The van der Waals surface area contributed by atoms with E-state index in [2.05, 4.69) is 35.0 Å². The summed E-state index contributed by atoms with van der Waals surface area (Å²) in [6.07, 6.45) is -0.648. The SMILES string of the molecule is C=C/C=C(\C(=C)C)N1CCN(C)CC1.CC.CC.CCOc1ccc(C=O)c(C(F)(F)F)n1. The van der Waals surface area contributed by atoms with Crippen molar-refractivity contribution in [3.05, 3.63) is 60.0 Å². The van der Waals surface area contributed by atoms with Gasteiger partial charge in [-0.2, -0.15) is 13.2 Å². The van der Waals surface area contributed by atoms with E-state index in [4.69, 9.17) is 4.74 Å². The van der Waals surface area contributed by atoms with E-state index in [1.165, 1.54) is 11.8 Å². The van der Waals surface area contributed by atoms with E-state index in [1.54, 1.807) is 6.92 Å². The van der Waals surface area contributed by atoms with Gasteiger partial charge in [-0.3, -0.25) is 4.79 Å². The van der Waals surface area contributed by atoms with Gasteiger partial charge in [0.25, 0.3) is 0 Å². The van der Waals surface area contributed by atoms with E-state index in [1.807, 2.05) is 46.8 Å². The van der Waals surface area contributed by atoms with E-state index < -0.39 is 17.4 Å². The lowest BCUT2D eigenvalue weighted by atomic mass is 10.2. The first-order valence-electron chi connectivity index (χ1n) is 11.2. The average Bonchev–Trinajstić information content (AvgIpc) is 2.81. The van der Waals surface area contributed by atoms with Gasteiger partial charge in [0.2, 0.25) is 5.88 Å². The summed E-state index contributed by atoms with van der Waals surface area (Å²) < 4.78 is 42.0. The Hall–Kier alpha value is -2.61. The zero-order valence-electron chi connectivity index (χ0n) is 21.1. The summed E-state index contributed by atoms with van der Waals surface area (Å²) in [6.45, 7) is 24.1. The van der Waals surface area contributed by atoms with Crippen molar-refractivity contribution in [2.45, 2.75) is 47.7 Å². The maximum absolute atomic E-state index is 12.4. The van der Waals surface area contributed by atoms with Crippen LogP contribution in [0.1, 0.15) is 57.6 Å². The number of allylic oxidation sites excluding steroid dienone is 3. The molecule has 0 bridgehead atoms. The summed E-state index contributed by atoms with van der Waals surface area (Å²) in [6, 6.07) is 2.26. The summed E-state index contributed by atoms with van der Waals surface area (Å²) in [4.78, 5) is 18.3. The number of aldehydes is 1. The lowest BCUT2D eigenvalue weighted by molar-refractivity contribution is -0.141. The van der Waals surface area contributed by atoms with Crippen LogP contribution in [0.2, 0.25) is 0 Å². The van der Waals surface area contributed by atoms with Crippen LogP contribution in [-0.2, 0) is 6.18 Å². The van der Waals surface area contributed by atoms with Gasteiger partial charge < -0.3 is 14.5 Å². The van der Waals surface area contributed by atoms with Gasteiger partial charge in [0.1, 0.15) is 0 Å². The van der Waals surface area contributed by atoms with Crippen molar-refractivity contribution in [2.75, 3.05) is 39.8 Å². The summed E-state index contributed by atoms with van der Waals surface area (Å²) >= 11 is 0. The molecule has 1 saturated heterocycles. The number of nitrogens with zero attached hydrogens (tertiary/aromatic N) is 3. The number of likely N-dealkylation sites (N-methyl/N-ethyl adjacent to an activating group) is 1. The third-order valence-corrected chi connectivity index (χ3v) is 4.15. The fourth-order valence-corrected chi connectivity index (χ4v) is 2.68. The van der Waals surface area contributed by atoms with E-state index >= 15 is 0 Å². The van der Waals surface area contributed by atoms with Crippen LogP contribution in [0.15, 0.2) is 48.7 Å². The van der Waals surface area contributed by atoms with Gasteiger partial charge >= 0.3 is 6.18 Å². The molecule has 1 fully saturated rings. The fraction of sp³-hybridized carbons (Fsp3) is 0.520. The number of rotatable bonds is 6. The molecule has 0 unspecified atom stereocenters. The minimum absolute atomic E-state index is 0.117. The van der Waals surface area contributed by atoms with Crippen molar-refractivity contribution in [3.63, 3.8) is 0 Å². The molecule has 188 valence electrons. The molecule has 1 aliphatic rings. The number of hydrogen-bond donors (Lipinski definition) is 0. The highest BCUT2D eigenvalue weighted by molar-refractivity contribution is 5.76. The van der Waals surface area contributed by atoms with Crippen molar-refractivity contribution < 1.29 is 22.7 Å². The number of piperazine rings is 1. The maximum atomic E-state index is 12.4. The standard InChI is InChI=1S/C12H20N2.C9H8F3NO2.2C2H6/c1-5-6-12(11(2)3)14-9-7-13(4)8-10-14;1-2-15-7-4-3-6(5-14)8(13-7)9(10,11)12;2*1-2/h5-6H,1-2,7-10H2,3-4H3;3-5H,2H2,1H3;2*1-2H3/b12-6+;;;. The molecule has 0 amide bonds. The summed E-state index contributed by atoms with van der Waals surface area (Å²) in [7, 11) is 2.16. The number of halogens is 3. The normalized spacial score (nSPS) is 13.8. The van der Waals surface area contributed by atoms with Crippen molar-refractivity contribution >= 4 is 6.29 Å². The highest BCUT2D eigenvalue weighted by Crippen LogP contribution is 2.31. The molecule has 2 rings (SSSR count). The van der Waals surface area contributed by atoms with E-state index in [-0.39, 0.29) is 18.8 Å². The van der Waals surface area contributed by atoms with Gasteiger partial charge in [0.15, 0.2) is 12.0 Å². The van der Waals surface area contributed by atoms with Crippen molar-refractivity contribution in [1.29, 1.82) is 0 Å². The molecular weight excluding hydrogens is 431 g/mol. The first kappa shape index (κ1) is 32.6. The van der Waals surface area contributed by atoms with Crippen LogP contribution in [0, 0.1) is 0 Å². The number of pyridine rings is 1. The Balaban J connectivity index is 0. The van der Waals surface area contributed by atoms with Crippen LogP contribution in [-0.4, -0.2) is 60.9 Å². The Kier molecular flexibility index (Phi) is 17.7. The van der Waals surface area contributed by atoms with Crippen LogP contribution in [0.4, 0.5) is 13.2 Å². The molecule has 0 aromatic carbocycles. The first-order chi connectivity index (χ1) is 15.6. The van der Waals surface area contributed by atoms with Crippen molar-refractivity contribution in [2.24, 2.45) is 0 Å². The lowest BCUT2D eigenvalue weighted by Crippen LogP contribution is -2.43. The number of carbonyl (C=O) groups is 1. The summed E-state index contributed by atoms with van der Waals surface area (Å²) in [5.41, 5.74) is 0.636. The molecule has 33 heavy (non-hydrogen) atoms. The first-order valence-corrected chi connectivity index (χ1v) is 11.2. The zero-order valence-corrected chi connectivity index (χ0v) is 21.1. The predicted molar refractivity (Wildman–Crippen MR) is 131 cm³/mol. The van der Waals surface area contributed by atoms with E-state index in [0.717, 1.165) is 37.8 Å². The van der Waals surface area contributed by atoms with Crippen LogP contribution >= 0.6 is 0 Å². The largest absolute Gasteiger partial charge is 0.478 e.